The van der Waals surface area contributed by atoms with Crippen molar-refractivity contribution in [1.29, 1.82) is 0 Å². The Morgan fingerprint density at radius 1 is 1.14 bits per heavy atom. The fraction of sp³-hybridized carbons (Fsp3) is 0.312. The van der Waals surface area contributed by atoms with Crippen LogP contribution in [-0.4, -0.2) is 22.6 Å². The quantitative estimate of drug-likeness (QED) is 0.769. The van der Waals surface area contributed by atoms with Crippen LogP contribution in [0, 0.1) is 5.82 Å². The summed E-state index contributed by atoms with van der Waals surface area (Å²) in [5.41, 5.74) is 0.262. The molecule has 0 spiro atoms. The normalized spacial score (nSPS) is 10.3. The molecule has 0 aliphatic carbocycles. The van der Waals surface area contributed by atoms with Gasteiger partial charge in [0.15, 0.2) is 5.69 Å². The number of unbranched alkanes of at least 4 members (excludes halogenated alkanes) is 2. The minimum Gasteiger partial charge on any atom is -0.369 e. The van der Waals surface area contributed by atoms with Gasteiger partial charge >= 0.3 is 0 Å². The minimum atomic E-state index is -0.491. The molecular weight excluding hydrogens is 283 g/mol. The lowest BCUT2D eigenvalue weighted by atomic mass is 10.2. The van der Waals surface area contributed by atoms with Crippen molar-refractivity contribution in [3.63, 3.8) is 0 Å². The summed E-state index contributed by atoms with van der Waals surface area (Å²) >= 11 is 0. The van der Waals surface area contributed by atoms with Crippen molar-refractivity contribution in [1.82, 2.24) is 10.2 Å². The third-order valence-electron chi connectivity index (χ3n) is 3.11. The molecule has 22 heavy (non-hydrogen) atoms. The topological polar surface area (TPSA) is 66.9 Å². The summed E-state index contributed by atoms with van der Waals surface area (Å²) < 4.78 is 13.5. The number of halogens is 1. The molecule has 0 radical (unpaired) electrons. The third kappa shape index (κ3) is 4.51. The van der Waals surface area contributed by atoms with Gasteiger partial charge in [-0.05, 0) is 30.7 Å². The zero-order chi connectivity index (χ0) is 15.8. The molecule has 116 valence electrons. The van der Waals surface area contributed by atoms with Gasteiger partial charge in [-0.1, -0.05) is 31.9 Å². The number of amides is 1. The summed E-state index contributed by atoms with van der Waals surface area (Å²) in [6, 6.07) is 9.23. The van der Waals surface area contributed by atoms with Crippen molar-refractivity contribution in [2.45, 2.75) is 26.2 Å². The maximum atomic E-state index is 13.5. The van der Waals surface area contributed by atoms with E-state index in [2.05, 4.69) is 27.8 Å². The average Bonchev–Trinajstić information content (AvgIpc) is 2.54. The van der Waals surface area contributed by atoms with E-state index < -0.39 is 11.7 Å². The van der Waals surface area contributed by atoms with E-state index in [1.54, 1.807) is 24.3 Å². The molecule has 0 aliphatic rings. The Kier molecular flexibility index (Phi) is 5.82. The summed E-state index contributed by atoms with van der Waals surface area (Å²) in [4.78, 5) is 12.0. The molecule has 1 aromatic heterocycles. The van der Waals surface area contributed by atoms with Crippen LogP contribution in [0.4, 0.5) is 15.9 Å². The SMILES string of the molecule is CCCCCNc1ccc(C(=O)Nc2ccccc2F)nn1. The van der Waals surface area contributed by atoms with Gasteiger partial charge in [-0.2, -0.15) is 0 Å². The third-order valence-corrected chi connectivity index (χ3v) is 3.11. The first-order valence-corrected chi connectivity index (χ1v) is 7.34. The van der Waals surface area contributed by atoms with Gasteiger partial charge in [0.1, 0.15) is 11.6 Å². The number of carbonyl (C=O) groups excluding carboxylic acids is 1. The number of rotatable bonds is 7. The molecule has 6 heteroatoms. The Morgan fingerprint density at radius 2 is 1.95 bits per heavy atom. The van der Waals surface area contributed by atoms with Crippen LogP contribution in [0.15, 0.2) is 36.4 Å². The number of benzene rings is 1. The summed E-state index contributed by atoms with van der Waals surface area (Å²) in [6.45, 7) is 2.96. The van der Waals surface area contributed by atoms with E-state index in [9.17, 15) is 9.18 Å². The van der Waals surface area contributed by atoms with Crippen LogP contribution in [0.2, 0.25) is 0 Å². The number of para-hydroxylation sites is 1. The molecule has 0 atom stereocenters. The number of nitrogens with one attached hydrogen (secondary N) is 2. The fourth-order valence-electron chi connectivity index (χ4n) is 1.89. The largest absolute Gasteiger partial charge is 0.369 e. The zero-order valence-electron chi connectivity index (χ0n) is 12.5. The molecule has 0 aliphatic heterocycles. The lowest BCUT2D eigenvalue weighted by Gasteiger charge is -2.07. The second kappa shape index (κ2) is 8.07. The monoisotopic (exact) mass is 302 g/mol. The molecule has 0 saturated heterocycles. The molecule has 5 nitrogen and oxygen atoms in total. The highest BCUT2D eigenvalue weighted by molar-refractivity contribution is 6.02. The highest BCUT2D eigenvalue weighted by atomic mass is 19.1. The fourth-order valence-corrected chi connectivity index (χ4v) is 1.89. The van der Waals surface area contributed by atoms with E-state index >= 15 is 0 Å². The number of nitrogens with zero attached hydrogens (tertiary/aromatic N) is 2. The lowest BCUT2D eigenvalue weighted by Crippen LogP contribution is -2.15. The van der Waals surface area contributed by atoms with E-state index in [1.807, 2.05) is 0 Å². The Morgan fingerprint density at radius 3 is 2.64 bits per heavy atom. The molecule has 1 aromatic carbocycles. The van der Waals surface area contributed by atoms with Crippen molar-refractivity contribution in [3.05, 3.63) is 47.9 Å². The molecule has 0 bridgehead atoms. The van der Waals surface area contributed by atoms with Crippen molar-refractivity contribution >= 4 is 17.4 Å². The Balaban J connectivity index is 1.92. The highest BCUT2D eigenvalue weighted by Crippen LogP contribution is 2.13. The maximum Gasteiger partial charge on any atom is 0.276 e. The van der Waals surface area contributed by atoms with Gasteiger partial charge in [0, 0.05) is 6.54 Å². The van der Waals surface area contributed by atoms with E-state index in [0.717, 1.165) is 25.8 Å². The van der Waals surface area contributed by atoms with Gasteiger partial charge < -0.3 is 10.6 Å². The summed E-state index contributed by atoms with van der Waals surface area (Å²) in [7, 11) is 0. The predicted molar refractivity (Wildman–Crippen MR) is 84.4 cm³/mol. The van der Waals surface area contributed by atoms with Crippen LogP contribution < -0.4 is 10.6 Å². The van der Waals surface area contributed by atoms with E-state index in [-0.39, 0.29) is 11.4 Å². The molecule has 2 aromatic rings. The molecule has 2 N–H and O–H groups in total. The number of aromatic nitrogens is 2. The second-order valence-corrected chi connectivity index (χ2v) is 4.87. The Labute approximate surface area is 129 Å². The Hall–Kier alpha value is -2.50. The number of hydrogen-bond acceptors (Lipinski definition) is 4. The van der Waals surface area contributed by atoms with Crippen LogP contribution >= 0.6 is 0 Å². The molecular formula is C16H19FN4O. The first-order valence-electron chi connectivity index (χ1n) is 7.34. The van der Waals surface area contributed by atoms with Crippen LogP contribution in [-0.2, 0) is 0 Å². The van der Waals surface area contributed by atoms with Gasteiger partial charge in [0.25, 0.3) is 5.91 Å². The summed E-state index contributed by atoms with van der Waals surface area (Å²) in [6.07, 6.45) is 3.37. The number of anilines is 2. The Bertz CT molecular complexity index is 616. The molecule has 0 unspecified atom stereocenters. The van der Waals surface area contributed by atoms with Crippen LogP contribution in [0.1, 0.15) is 36.7 Å². The molecule has 1 heterocycles. The summed E-state index contributed by atoms with van der Waals surface area (Å²) in [5.74, 6) is -0.355. The highest BCUT2D eigenvalue weighted by Gasteiger charge is 2.10. The zero-order valence-corrected chi connectivity index (χ0v) is 12.5. The van der Waals surface area contributed by atoms with Crippen LogP contribution in [0.5, 0.6) is 0 Å². The van der Waals surface area contributed by atoms with E-state index in [0.29, 0.717) is 5.82 Å². The van der Waals surface area contributed by atoms with Gasteiger partial charge in [0.05, 0.1) is 5.69 Å². The van der Waals surface area contributed by atoms with Gasteiger partial charge in [0.2, 0.25) is 0 Å². The minimum absolute atomic E-state index is 0.121. The smallest absolute Gasteiger partial charge is 0.276 e. The first-order chi connectivity index (χ1) is 10.7. The summed E-state index contributed by atoms with van der Waals surface area (Å²) in [5, 5.41) is 13.4. The molecule has 0 saturated carbocycles. The maximum absolute atomic E-state index is 13.5. The van der Waals surface area contributed by atoms with Crippen LogP contribution in [0.25, 0.3) is 0 Å². The lowest BCUT2D eigenvalue weighted by molar-refractivity contribution is 0.102. The number of hydrogen-bond donors (Lipinski definition) is 2. The predicted octanol–water partition coefficient (Wildman–Crippen LogP) is 3.47. The first kappa shape index (κ1) is 15.9. The molecule has 1 amide bonds. The standard InChI is InChI=1S/C16H19FN4O/c1-2-3-6-11-18-15-10-9-14(20-21-15)16(22)19-13-8-5-4-7-12(13)17/h4-5,7-10H,2-3,6,11H2,1H3,(H,18,21)(H,19,22). The van der Waals surface area contributed by atoms with Gasteiger partial charge in [-0.15, -0.1) is 10.2 Å². The second-order valence-electron chi connectivity index (χ2n) is 4.87. The van der Waals surface area contributed by atoms with Crippen molar-refractivity contribution < 1.29 is 9.18 Å². The molecule has 0 fully saturated rings. The van der Waals surface area contributed by atoms with Crippen molar-refractivity contribution in [2.75, 3.05) is 17.2 Å². The van der Waals surface area contributed by atoms with Gasteiger partial charge in [-0.25, -0.2) is 4.39 Å². The van der Waals surface area contributed by atoms with Gasteiger partial charge in [-0.3, -0.25) is 4.79 Å². The van der Waals surface area contributed by atoms with Crippen LogP contribution in [0.3, 0.4) is 0 Å². The average molecular weight is 302 g/mol. The van der Waals surface area contributed by atoms with E-state index in [4.69, 9.17) is 0 Å². The van der Waals surface area contributed by atoms with Crippen molar-refractivity contribution in [3.8, 4) is 0 Å². The molecule has 2 rings (SSSR count). The van der Waals surface area contributed by atoms with Crippen molar-refractivity contribution in [2.24, 2.45) is 0 Å². The number of carbonyl (C=O) groups is 1. The van der Waals surface area contributed by atoms with E-state index in [1.165, 1.54) is 12.1 Å².